The lowest BCUT2D eigenvalue weighted by molar-refractivity contribution is 0.0956. The van der Waals surface area contributed by atoms with E-state index in [9.17, 15) is 9.59 Å². The normalized spacial score (nSPS) is 11.2. The number of rotatable bonds is 12. The van der Waals surface area contributed by atoms with Crippen LogP contribution in [0.4, 0.5) is 5.69 Å². The van der Waals surface area contributed by atoms with Gasteiger partial charge in [0.05, 0.1) is 17.5 Å². The van der Waals surface area contributed by atoms with E-state index in [0.717, 1.165) is 42.3 Å². The lowest BCUT2D eigenvalue weighted by Gasteiger charge is -2.17. The van der Waals surface area contributed by atoms with Crippen LogP contribution in [-0.4, -0.2) is 48.3 Å². The van der Waals surface area contributed by atoms with E-state index < -0.39 is 5.91 Å². The van der Waals surface area contributed by atoms with Gasteiger partial charge in [0.25, 0.3) is 11.8 Å². The molecule has 0 aliphatic carbocycles. The molecule has 0 aliphatic rings. The Bertz CT molecular complexity index is 1210. The average Bonchev–Trinajstić information content (AvgIpc) is 2.91. The highest BCUT2D eigenvalue weighted by Gasteiger charge is 2.15. The van der Waals surface area contributed by atoms with E-state index in [4.69, 9.17) is 11.6 Å². The number of nitrogens with one attached hydrogen (secondary N) is 2. The smallest absolute Gasteiger partial charge is 0.273 e. The van der Waals surface area contributed by atoms with Crippen molar-refractivity contribution in [1.29, 1.82) is 0 Å². The van der Waals surface area contributed by atoms with Gasteiger partial charge in [-0.1, -0.05) is 67.4 Å². The Balaban J connectivity index is 1.59. The lowest BCUT2D eigenvalue weighted by atomic mass is 10.1. The number of hydrogen-bond donors (Lipinski definition) is 2. The Labute approximate surface area is 228 Å². The van der Waals surface area contributed by atoms with Crippen LogP contribution in [0.25, 0.3) is 0 Å². The number of nitrogens with zero attached hydrogens (tertiary/aromatic N) is 2. The molecule has 194 valence electrons. The minimum absolute atomic E-state index is 0.225. The molecule has 0 heterocycles. The third-order valence-corrected chi connectivity index (χ3v) is 7.11. The fraction of sp³-hybridized carbons (Fsp3) is 0.276. The summed E-state index contributed by atoms with van der Waals surface area (Å²) in [5.74, 6) is 1.19. The lowest BCUT2D eigenvalue weighted by Crippen LogP contribution is -2.25. The fourth-order valence-electron chi connectivity index (χ4n) is 3.56. The van der Waals surface area contributed by atoms with Crippen molar-refractivity contribution in [1.82, 2.24) is 10.3 Å². The Morgan fingerprint density at radius 2 is 1.68 bits per heavy atom. The first-order chi connectivity index (χ1) is 17.9. The third-order valence-electron chi connectivity index (χ3n) is 5.86. The van der Waals surface area contributed by atoms with Crippen LogP contribution in [0.15, 0.2) is 71.8 Å². The average molecular weight is 537 g/mol. The molecule has 2 amide bonds. The molecule has 0 saturated heterocycles. The van der Waals surface area contributed by atoms with E-state index in [1.807, 2.05) is 55.1 Å². The number of carbonyl (C=O) groups excluding carboxylic acids is 2. The maximum absolute atomic E-state index is 12.9. The van der Waals surface area contributed by atoms with Crippen molar-refractivity contribution < 1.29 is 9.59 Å². The van der Waals surface area contributed by atoms with Gasteiger partial charge in [-0.15, -0.1) is 0 Å². The molecule has 37 heavy (non-hydrogen) atoms. The molecule has 0 spiro atoms. The van der Waals surface area contributed by atoms with Crippen LogP contribution < -0.4 is 10.7 Å². The number of carbonyl (C=O) groups is 2. The summed E-state index contributed by atoms with van der Waals surface area (Å²) in [4.78, 5) is 28.1. The highest BCUT2D eigenvalue weighted by atomic mass is 35.5. The highest BCUT2D eigenvalue weighted by molar-refractivity contribution is 7.98. The highest BCUT2D eigenvalue weighted by Crippen LogP contribution is 2.22. The monoisotopic (exact) mass is 536 g/mol. The maximum Gasteiger partial charge on any atom is 0.273 e. The topological polar surface area (TPSA) is 73.8 Å². The Morgan fingerprint density at radius 3 is 2.35 bits per heavy atom. The number of hydrogen-bond acceptors (Lipinski definition) is 5. The molecule has 0 aliphatic heterocycles. The summed E-state index contributed by atoms with van der Waals surface area (Å²) in [6.07, 6.45) is 1.56. The van der Waals surface area contributed by atoms with Crippen LogP contribution in [0.2, 0.25) is 5.02 Å². The van der Waals surface area contributed by atoms with Crippen LogP contribution in [-0.2, 0) is 5.75 Å². The first-order valence-corrected chi connectivity index (χ1v) is 13.8. The van der Waals surface area contributed by atoms with Gasteiger partial charge in [-0.25, -0.2) is 5.43 Å². The van der Waals surface area contributed by atoms with Crippen molar-refractivity contribution in [2.24, 2.45) is 5.10 Å². The number of halogens is 1. The van der Waals surface area contributed by atoms with E-state index in [-0.39, 0.29) is 11.5 Å². The third kappa shape index (κ3) is 9.04. The van der Waals surface area contributed by atoms with Crippen LogP contribution in [0.5, 0.6) is 0 Å². The molecular weight excluding hydrogens is 504 g/mol. The maximum atomic E-state index is 12.9. The molecule has 0 unspecified atom stereocenters. The molecule has 6 nitrogen and oxygen atoms in total. The predicted molar refractivity (Wildman–Crippen MR) is 156 cm³/mol. The van der Waals surface area contributed by atoms with Crippen LogP contribution in [0.1, 0.15) is 51.3 Å². The van der Waals surface area contributed by atoms with Gasteiger partial charge in [-0.3, -0.25) is 9.59 Å². The van der Waals surface area contributed by atoms with Gasteiger partial charge in [0.15, 0.2) is 0 Å². The van der Waals surface area contributed by atoms with Crippen molar-refractivity contribution in [3.8, 4) is 0 Å². The zero-order valence-corrected chi connectivity index (χ0v) is 23.0. The minimum Gasteiger partial charge on any atom is -0.321 e. The number of anilines is 1. The van der Waals surface area contributed by atoms with E-state index in [1.54, 1.807) is 30.5 Å². The molecule has 0 aromatic heterocycles. The number of thioether (sulfide) groups is 1. The fourth-order valence-corrected chi connectivity index (χ4v) is 4.69. The summed E-state index contributed by atoms with van der Waals surface area (Å²) in [5, 5.41) is 7.24. The van der Waals surface area contributed by atoms with Gasteiger partial charge in [-0.2, -0.15) is 16.9 Å². The molecular formula is C29H33ClN4O2S. The van der Waals surface area contributed by atoms with Gasteiger partial charge in [0, 0.05) is 28.6 Å². The number of amides is 2. The van der Waals surface area contributed by atoms with E-state index in [2.05, 4.69) is 34.6 Å². The van der Waals surface area contributed by atoms with Gasteiger partial charge in [0.1, 0.15) is 0 Å². The molecule has 2 N–H and O–H groups in total. The van der Waals surface area contributed by atoms with Crippen LogP contribution in [0, 0.1) is 6.92 Å². The zero-order valence-electron chi connectivity index (χ0n) is 21.5. The van der Waals surface area contributed by atoms with Crippen LogP contribution >= 0.6 is 23.4 Å². The quantitative estimate of drug-likeness (QED) is 0.163. The second-order valence-electron chi connectivity index (χ2n) is 8.53. The number of benzene rings is 3. The van der Waals surface area contributed by atoms with Crippen molar-refractivity contribution in [3.05, 3.63) is 99.6 Å². The standard InChI is InChI=1S/C29H33ClN4O2S/c1-4-34(5-2)16-17-37-20-23-10-12-24(13-11-23)28(35)32-27-15-14-25(30)18-26(27)29(36)33-31-19-22-8-6-21(3)7-9-22/h6-15,18-19H,4-5,16-17,20H2,1-3H3,(H,32,35)(H,33,36). The molecule has 0 fully saturated rings. The molecule has 3 aromatic carbocycles. The zero-order chi connectivity index (χ0) is 26.6. The van der Waals surface area contributed by atoms with Gasteiger partial charge >= 0.3 is 0 Å². The Morgan fingerprint density at radius 1 is 0.973 bits per heavy atom. The Hall–Kier alpha value is -3.13. The molecule has 0 bridgehead atoms. The summed E-state index contributed by atoms with van der Waals surface area (Å²) in [6.45, 7) is 9.57. The minimum atomic E-state index is -0.474. The molecule has 0 radical (unpaired) electrons. The summed E-state index contributed by atoms with van der Waals surface area (Å²) in [6, 6.07) is 20.0. The summed E-state index contributed by atoms with van der Waals surface area (Å²) in [5.41, 5.74) is 6.76. The number of aryl methyl sites for hydroxylation is 1. The van der Waals surface area contributed by atoms with E-state index in [1.165, 1.54) is 11.6 Å². The van der Waals surface area contributed by atoms with Crippen molar-refractivity contribution in [3.63, 3.8) is 0 Å². The SMILES string of the molecule is CCN(CC)CCSCc1ccc(C(=O)Nc2ccc(Cl)cc2C(=O)NN=Cc2ccc(C)cc2)cc1. The number of hydrazone groups is 1. The molecule has 8 heteroatoms. The van der Waals surface area contributed by atoms with E-state index in [0.29, 0.717) is 16.3 Å². The first-order valence-electron chi connectivity index (χ1n) is 12.3. The summed E-state index contributed by atoms with van der Waals surface area (Å²) >= 11 is 8.01. The predicted octanol–water partition coefficient (Wildman–Crippen LogP) is 6.24. The molecule has 0 saturated carbocycles. The molecule has 0 atom stereocenters. The summed E-state index contributed by atoms with van der Waals surface area (Å²) in [7, 11) is 0. The molecule has 3 aromatic rings. The van der Waals surface area contributed by atoms with Crippen molar-refractivity contribution in [2.75, 3.05) is 30.7 Å². The van der Waals surface area contributed by atoms with Crippen LogP contribution in [0.3, 0.4) is 0 Å². The van der Waals surface area contributed by atoms with Crippen molar-refractivity contribution >= 4 is 47.1 Å². The second kappa shape index (κ2) is 14.6. The van der Waals surface area contributed by atoms with Gasteiger partial charge in [0.2, 0.25) is 0 Å². The largest absolute Gasteiger partial charge is 0.321 e. The first kappa shape index (κ1) is 28.4. The van der Waals surface area contributed by atoms with Gasteiger partial charge in [-0.05, 0) is 61.5 Å². The Kier molecular flexibility index (Phi) is 11.2. The second-order valence-corrected chi connectivity index (χ2v) is 10.1. The summed E-state index contributed by atoms with van der Waals surface area (Å²) < 4.78 is 0. The molecule has 3 rings (SSSR count). The van der Waals surface area contributed by atoms with Gasteiger partial charge < -0.3 is 10.2 Å². The van der Waals surface area contributed by atoms with Crippen molar-refractivity contribution in [2.45, 2.75) is 26.5 Å². The van der Waals surface area contributed by atoms with E-state index >= 15 is 0 Å².